The number of hydrogen-bond donors (Lipinski definition) is 1. The summed E-state index contributed by atoms with van der Waals surface area (Å²) in [4.78, 5) is 16.1. The number of hydrogen-bond acceptors (Lipinski definition) is 2. The Hall–Kier alpha value is -0.970. The lowest BCUT2D eigenvalue weighted by Gasteiger charge is -2.10. The van der Waals surface area contributed by atoms with Crippen LogP contribution in [0.2, 0.25) is 10.0 Å². The van der Waals surface area contributed by atoms with Crippen LogP contribution < -0.4 is 5.32 Å². The van der Waals surface area contributed by atoms with E-state index >= 15 is 0 Å². The molecule has 0 bridgehead atoms. The van der Waals surface area contributed by atoms with Crippen LogP contribution in [0.5, 0.6) is 0 Å². The van der Waals surface area contributed by atoms with Crippen molar-refractivity contribution in [3.05, 3.63) is 28.0 Å². The van der Waals surface area contributed by atoms with Crippen LogP contribution in [0.3, 0.4) is 0 Å². The van der Waals surface area contributed by atoms with Gasteiger partial charge in [-0.25, -0.2) is 4.98 Å². The van der Waals surface area contributed by atoms with E-state index in [1.165, 1.54) is 0 Å². The van der Waals surface area contributed by atoms with Gasteiger partial charge in [0.1, 0.15) is 5.82 Å². The highest BCUT2D eigenvalue weighted by molar-refractivity contribution is 6.42. The Morgan fingerprint density at radius 2 is 2.05 bits per heavy atom. The largest absolute Gasteiger partial charge is 0.356 e. The van der Waals surface area contributed by atoms with Crippen LogP contribution in [0.25, 0.3) is 11.0 Å². The molecular formula is C14H16Cl3N3O. The molecule has 0 saturated carbocycles. The minimum Gasteiger partial charge on any atom is -0.356 e. The molecule has 1 atom stereocenters. The summed E-state index contributed by atoms with van der Waals surface area (Å²) in [5.74, 6) is 0.696. The number of rotatable bonds is 5. The third-order valence-corrected chi connectivity index (χ3v) is 4.03. The molecule has 1 amide bonds. The average Bonchev–Trinajstić information content (AvgIpc) is 2.75. The maximum absolute atomic E-state index is 11.7. The van der Waals surface area contributed by atoms with Gasteiger partial charge in [0.2, 0.25) is 5.91 Å². The second-order valence-corrected chi connectivity index (χ2v) is 6.17. The van der Waals surface area contributed by atoms with Gasteiger partial charge in [0.05, 0.1) is 26.5 Å². The number of halogens is 3. The van der Waals surface area contributed by atoms with Crippen molar-refractivity contribution < 1.29 is 4.79 Å². The fourth-order valence-electron chi connectivity index (χ4n) is 2.18. The first-order chi connectivity index (χ1) is 9.93. The highest BCUT2D eigenvalue weighted by Gasteiger charge is 2.17. The van der Waals surface area contributed by atoms with E-state index in [0.717, 1.165) is 11.0 Å². The number of aryl methyl sites for hydroxylation is 1. The van der Waals surface area contributed by atoms with Crippen molar-refractivity contribution in [2.24, 2.45) is 0 Å². The van der Waals surface area contributed by atoms with E-state index in [0.29, 0.717) is 35.4 Å². The number of carbonyl (C=O) groups excluding carboxylic acids is 1. The van der Waals surface area contributed by atoms with Crippen LogP contribution in [-0.2, 0) is 11.3 Å². The van der Waals surface area contributed by atoms with Crippen LogP contribution >= 0.6 is 34.8 Å². The van der Waals surface area contributed by atoms with Gasteiger partial charge in [0.15, 0.2) is 0 Å². The monoisotopic (exact) mass is 347 g/mol. The topological polar surface area (TPSA) is 46.9 Å². The van der Waals surface area contributed by atoms with Crippen LogP contribution in [0.4, 0.5) is 0 Å². The van der Waals surface area contributed by atoms with E-state index in [2.05, 4.69) is 10.3 Å². The Balaban J connectivity index is 2.41. The summed E-state index contributed by atoms with van der Waals surface area (Å²) >= 11 is 18.3. The predicted molar refractivity (Wildman–Crippen MR) is 87.3 cm³/mol. The van der Waals surface area contributed by atoms with E-state index in [4.69, 9.17) is 34.8 Å². The van der Waals surface area contributed by atoms with E-state index < -0.39 is 0 Å². The lowest BCUT2D eigenvalue weighted by Crippen LogP contribution is -2.24. The van der Waals surface area contributed by atoms with Gasteiger partial charge in [-0.15, -0.1) is 11.6 Å². The maximum Gasteiger partial charge on any atom is 0.221 e. The molecule has 1 unspecified atom stereocenters. The summed E-state index contributed by atoms with van der Waals surface area (Å²) in [6.07, 6.45) is 0.357. The molecule has 0 radical (unpaired) electrons. The summed E-state index contributed by atoms with van der Waals surface area (Å²) < 4.78 is 1.92. The molecular weight excluding hydrogens is 333 g/mol. The summed E-state index contributed by atoms with van der Waals surface area (Å²) in [6, 6.07) is 3.47. The fourth-order valence-corrected chi connectivity index (χ4v) is 2.66. The SMILES string of the molecule is CCNC(=O)CCn1c(C(C)Cl)nc2cc(Cl)c(Cl)cc21. The summed E-state index contributed by atoms with van der Waals surface area (Å²) in [6.45, 7) is 4.84. The Kier molecular flexibility index (Phi) is 5.36. The second-order valence-electron chi connectivity index (χ2n) is 4.70. The lowest BCUT2D eigenvalue weighted by atomic mass is 10.3. The summed E-state index contributed by atoms with van der Waals surface area (Å²) in [5, 5.41) is 3.40. The van der Waals surface area contributed by atoms with Crippen LogP contribution in [-0.4, -0.2) is 22.0 Å². The first-order valence-corrected chi connectivity index (χ1v) is 7.89. The van der Waals surface area contributed by atoms with Gasteiger partial charge in [-0.2, -0.15) is 0 Å². The molecule has 21 heavy (non-hydrogen) atoms. The number of imidazole rings is 1. The van der Waals surface area contributed by atoms with Gasteiger partial charge < -0.3 is 9.88 Å². The van der Waals surface area contributed by atoms with Crippen molar-refractivity contribution in [2.45, 2.75) is 32.2 Å². The highest BCUT2D eigenvalue weighted by atomic mass is 35.5. The summed E-state index contributed by atoms with van der Waals surface area (Å²) in [7, 11) is 0. The van der Waals surface area contributed by atoms with E-state index in [9.17, 15) is 4.79 Å². The third kappa shape index (κ3) is 3.62. The molecule has 1 heterocycles. The van der Waals surface area contributed by atoms with E-state index in [-0.39, 0.29) is 11.3 Å². The van der Waals surface area contributed by atoms with Gasteiger partial charge >= 0.3 is 0 Å². The van der Waals surface area contributed by atoms with Crippen LogP contribution in [0.15, 0.2) is 12.1 Å². The smallest absolute Gasteiger partial charge is 0.221 e. The molecule has 1 aromatic heterocycles. The van der Waals surface area contributed by atoms with Crippen LogP contribution in [0.1, 0.15) is 31.5 Å². The number of benzene rings is 1. The number of alkyl halides is 1. The van der Waals surface area contributed by atoms with Crippen molar-refractivity contribution in [2.75, 3.05) is 6.54 Å². The minimum absolute atomic E-state index is 0.00686. The Bertz CT molecular complexity index is 667. The molecule has 0 saturated heterocycles. The minimum atomic E-state index is -0.274. The van der Waals surface area contributed by atoms with E-state index in [1.54, 1.807) is 12.1 Å². The molecule has 7 heteroatoms. The van der Waals surface area contributed by atoms with E-state index in [1.807, 2.05) is 18.4 Å². The molecule has 0 aliphatic rings. The number of amides is 1. The molecule has 4 nitrogen and oxygen atoms in total. The zero-order valence-corrected chi connectivity index (χ0v) is 14.1. The quantitative estimate of drug-likeness (QED) is 0.824. The molecule has 1 aromatic carbocycles. The van der Waals surface area contributed by atoms with Crippen molar-refractivity contribution >= 4 is 51.7 Å². The van der Waals surface area contributed by atoms with Crippen molar-refractivity contribution in [1.29, 1.82) is 0 Å². The van der Waals surface area contributed by atoms with Crippen LogP contribution in [0, 0.1) is 0 Å². The van der Waals surface area contributed by atoms with Gasteiger partial charge in [0.25, 0.3) is 0 Å². The molecule has 0 aliphatic heterocycles. The van der Waals surface area contributed by atoms with Gasteiger partial charge in [0, 0.05) is 19.5 Å². The molecule has 114 valence electrons. The zero-order valence-electron chi connectivity index (χ0n) is 11.8. The highest BCUT2D eigenvalue weighted by Crippen LogP contribution is 2.31. The van der Waals surface area contributed by atoms with Gasteiger partial charge in [-0.05, 0) is 26.0 Å². The average molecular weight is 349 g/mol. The molecule has 1 N–H and O–H groups in total. The maximum atomic E-state index is 11.7. The Morgan fingerprint density at radius 3 is 2.67 bits per heavy atom. The van der Waals surface area contributed by atoms with Gasteiger partial charge in [-0.1, -0.05) is 23.2 Å². The predicted octanol–water partition coefficient (Wildman–Crippen LogP) is 4.17. The number of nitrogens with zero attached hydrogens (tertiary/aromatic N) is 2. The molecule has 2 rings (SSSR count). The fraction of sp³-hybridized carbons (Fsp3) is 0.429. The second kappa shape index (κ2) is 6.86. The van der Waals surface area contributed by atoms with Crippen molar-refractivity contribution in [3.8, 4) is 0 Å². The standard InChI is InChI=1S/C14H16Cl3N3O/c1-3-18-13(21)4-5-20-12-7-10(17)9(16)6-11(12)19-14(20)8(2)15/h6-8H,3-5H2,1-2H3,(H,18,21). The molecule has 0 fully saturated rings. The number of fused-ring (bicyclic) bond motifs is 1. The van der Waals surface area contributed by atoms with Crippen molar-refractivity contribution in [3.63, 3.8) is 0 Å². The molecule has 0 spiro atoms. The molecule has 0 aliphatic carbocycles. The Labute approximate surface area is 138 Å². The number of nitrogens with one attached hydrogen (secondary N) is 1. The van der Waals surface area contributed by atoms with Gasteiger partial charge in [-0.3, -0.25) is 4.79 Å². The zero-order chi connectivity index (χ0) is 15.6. The normalized spacial score (nSPS) is 12.6. The summed E-state index contributed by atoms with van der Waals surface area (Å²) in [5.41, 5.74) is 1.55. The first kappa shape index (κ1) is 16.4. The molecule has 2 aromatic rings. The first-order valence-electron chi connectivity index (χ1n) is 6.70. The van der Waals surface area contributed by atoms with Crippen molar-refractivity contribution in [1.82, 2.24) is 14.9 Å². The third-order valence-electron chi connectivity index (χ3n) is 3.11. The number of aromatic nitrogens is 2. The Morgan fingerprint density at radius 1 is 1.38 bits per heavy atom. The number of carbonyl (C=O) groups is 1. The lowest BCUT2D eigenvalue weighted by molar-refractivity contribution is -0.121.